The largest absolute Gasteiger partial charge is 0.383 e. The lowest BCUT2D eigenvalue weighted by Crippen LogP contribution is -2.39. The highest BCUT2D eigenvalue weighted by Crippen LogP contribution is 2.12. The van der Waals surface area contributed by atoms with Crippen molar-refractivity contribution in [3.63, 3.8) is 0 Å². The molecule has 0 spiro atoms. The van der Waals surface area contributed by atoms with E-state index < -0.39 is 11.0 Å². The Balaban J connectivity index is 2.16. The molecule has 120 valence electrons. The monoisotopic (exact) mass is 349 g/mol. The molecule has 0 aromatic heterocycles. The summed E-state index contributed by atoms with van der Waals surface area (Å²) in [5.74, 6) is -0.0583. The molecule has 0 bridgehead atoms. The minimum Gasteiger partial charge on any atom is -0.383 e. The molecule has 23 heavy (non-hydrogen) atoms. The summed E-state index contributed by atoms with van der Waals surface area (Å²) >= 11 is 11.8. The van der Waals surface area contributed by atoms with E-state index in [0.717, 1.165) is 11.1 Å². The lowest BCUT2D eigenvalue weighted by atomic mass is 10.1. The van der Waals surface area contributed by atoms with Gasteiger partial charge in [0.05, 0.1) is 0 Å². The Bertz CT molecular complexity index is 685. The number of carbonyl (C=O) groups excluding carboxylic acids is 1. The fraction of sp³-hybridized carbons (Fsp3) is 0.176. The van der Waals surface area contributed by atoms with E-state index in [9.17, 15) is 4.79 Å². The van der Waals surface area contributed by atoms with Gasteiger partial charge in [0.2, 0.25) is 0 Å². The second-order valence-electron chi connectivity index (χ2n) is 5.00. The van der Waals surface area contributed by atoms with Crippen LogP contribution < -0.4 is 11.1 Å². The first-order chi connectivity index (χ1) is 11.0. The third-order valence-electron chi connectivity index (χ3n) is 3.18. The van der Waals surface area contributed by atoms with E-state index in [2.05, 4.69) is 10.3 Å². The molecule has 0 aliphatic rings. The zero-order valence-electron chi connectivity index (χ0n) is 12.5. The average Bonchev–Trinajstić information content (AvgIpc) is 2.55. The first-order valence-electron chi connectivity index (χ1n) is 7.02. The molecule has 0 heterocycles. The second-order valence-corrected chi connectivity index (χ2v) is 6.16. The van der Waals surface area contributed by atoms with Crippen LogP contribution in [0.15, 0.2) is 59.6 Å². The number of rotatable bonds is 5. The van der Waals surface area contributed by atoms with E-state index in [4.69, 9.17) is 28.9 Å². The molecule has 3 N–H and O–H groups in total. The maximum Gasteiger partial charge on any atom is 0.252 e. The number of aliphatic imine (C=N–C) groups is 1. The van der Waals surface area contributed by atoms with Gasteiger partial charge in [-0.3, -0.25) is 4.79 Å². The van der Waals surface area contributed by atoms with E-state index in [1.165, 1.54) is 0 Å². The molecule has 0 aliphatic heterocycles. The number of amidine groups is 1. The summed E-state index contributed by atoms with van der Waals surface area (Å²) < 4.78 is 0. The van der Waals surface area contributed by atoms with Crippen molar-refractivity contribution in [2.24, 2.45) is 10.7 Å². The van der Waals surface area contributed by atoms with Crippen molar-refractivity contribution in [1.29, 1.82) is 0 Å². The van der Waals surface area contributed by atoms with Crippen LogP contribution in [-0.2, 0) is 0 Å². The third-order valence-corrected chi connectivity index (χ3v) is 3.66. The molecule has 0 saturated carbocycles. The number of halogens is 2. The molecule has 0 saturated heterocycles. The number of carbonyl (C=O) groups is 1. The van der Waals surface area contributed by atoms with Crippen LogP contribution in [-0.4, -0.2) is 22.7 Å². The molecule has 0 fully saturated rings. The highest BCUT2D eigenvalue weighted by atomic mass is 35.5. The molecular formula is C17H17Cl2N3O. The molecule has 2 rings (SSSR count). The van der Waals surface area contributed by atoms with Gasteiger partial charge >= 0.3 is 0 Å². The van der Waals surface area contributed by atoms with Gasteiger partial charge in [-0.1, -0.05) is 48.0 Å². The quantitative estimate of drug-likeness (QED) is 0.494. The fourth-order valence-corrected chi connectivity index (χ4v) is 2.15. The molecule has 2 aromatic rings. The van der Waals surface area contributed by atoms with Gasteiger partial charge in [-0.2, -0.15) is 0 Å². The van der Waals surface area contributed by atoms with Crippen molar-refractivity contribution >= 4 is 34.9 Å². The molecule has 2 aromatic carbocycles. The van der Waals surface area contributed by atoms with Gasteiger partial charge in [-0.05, 0) is 19.1 Å². The summed E-state index contributed by atoms with van der Waals surface area (Å²) in [7, 11) is 0. The van der Waals surface area contributed by atoms with Crippen LogP contribution >= 0.6 is 23.2 Å². The normalized spacial score (nSPS) is 13.0. The number of nitrogens with zero attached hydrogens (tertiary/aromatic N) is 1. The lowest BCUT2D eigenvalue weighted by Gasteiger charge is -2.16. The molecule has 1 amide bonds. The van der Waals surface area contributed by atoms with Crippen LogP contribution in [0.5, 0.6) is 0 Å². The Morgan fingerprint density at radius 2 is 1.65 bits per heavy atom. The highest BCUT2D eigenvalue weighted by molar-refractivity contribution is 6.44. The molecule has 0 unspecified atom stereocenters. The van der Waals surface area contributed by atoms with E-state index in [0.29, 0.717) is 5.56 Å². The van der Waals surface area contributed by atoms with Crippen molar-refractivity contribution in [1.82, 2.24) is 5.32 Å². The molecule has 0 radical (unpaired) electrons. The summed E-state index contributed by atoms with van der Waals surface area (Å²) in [6.07, 6.45) is -0.840. The van der Waals surface area contributed by atoms with Crippen LogP contribution in [0.1, 0.15) is 21.5 Å². The summed E-state index contributed by atoms with van der Waals surface area (Å²) in [6, 6.07) is 16.3. The molecule has 1 atom stereocenters. The number of hydrogen-bond acceptors (Lipinski definition) is 2. The maximum absolute atomic E-state index is 12.2. The molecule has 0 aliphatic carbocycles. The van der Waals surface area contributed by atoms with Crippen LogP contribution in [0.3, 0.4) is 0 Å². The zero-order valence-corrected chi connectivity index (χ0v) is 14.1. The van der Waals surface area contributed by atoms with Gasteiger partial charge in [-0.25, -0.2) is 4.99 Å². The van der Waals surface area contributed by atoms with Gasteiger partial charge in [-0.15, -0.1) is 23.2 Å². The van der Waals surface area contributed by atoms with Crippen LogP contribution in [0.2, 0.25) is 0 Å². The van der Waals surface area contributed by atoms with Gasteiger partial charge in [0.25, 0.3) is 5.91 Å². The first-order valence-corrected chi connectivity index (χ1v) is 7.89. The number of alkyl halides is 2. The average molecular weight is 350 g/mol. The minimum absolute atomic E-state index is 0.259. The van der Waals surface area contributed by atoms with Gasteiger partial charge < -0.3 is 11.1 Å². The van der Waals surface area contributed by atoms with Crippen LogP contribution in [0.4, 0.5) is 0 Å². The first kappa shape index (κ1) is 17.3. The number of hydrogen-bond donors (Lipinski definition) is 2. The maximum atomic E-state index is 12.2. The Labute approximate surface area is 145 Å². The molecular weight excluding hydrogens is 333 g/mol. The SMILES string of the molecule is Cc1ccc(C(N)=N[C@H](NC(=O)c2ccccc2)C(Cl)Cl)cc1. The van der Waals surface area contributed by atoms with Gasteiger partial charge in [0.1, 0.15) is 10.7 Å². The topological polar surface area (TPSA) is 67.5 Å². The fourth-order valence-electron chi connectivity index (χ4n) is 1.91. The highest BCUT2D eigenvalue weighted by Gasteiger charge is 2.20. The van der Waals surface area contributed by atoms with E-state index in [1.807, 2.05) is 37.3 Å². The van der Waals surface area contributed by atoms with Gasteiger partial charge in [0, 0.05) is 11.1 Å². The summed E-state index contributed by atoms with van der Waals surface area (Å²) in [6.45, 7) is 1.98. The minimum atomic E-state index is -0.924. The molecule has 4 nitrogen and oxygen atoms in total. The van der Waals surface area contributed by atoms with Gasteiger partial charge in [0.15, 0.2) is 6.17 Å². The Morgan fingerprint density at radius 1 is 1.04 bits per heavy atom. The second kappa shape index (κ2) is 7.99. The summed E-state index contributed by atoms with van der Waals surface area (Å²) in [5.41, 5.74) is 8.33. The van der Waals surface area contributed by atoms with E-state index in [1.54, 1.807) is 24.3 Å². The van der Waals surface area contributed by atoms with Crippen molar-refractivity contribution in [2.75, 3.05) is 0 Å². The van der Waals surface area contributed by atoms with Crippen molar-refractivity contribution in [3.8, 4) is 0 Å². The Hall–Kier alpha value is -2.04. The van der Waals surface area contributed by atoms with Crippen LogP contribution in [0, 0.1) is 6.92 Å². The number of nitrogens with one attached hydrogen (secondary N) is 1. The van der Waals surface area contributed by atoms with Crippen LogP contribution in [0.25, 0.3) is 0 Å². The standard InChI is InChI=1S/C17H17Cl2N3O/c1-11-7-9-12(10-8-11)15(20)21-16(14(18)19)22-17(23)13-5-3-2-4-6-13/h2-10,14,16H,1H3,(H2,20,21)(H,22,23)/t16-/m1/s1. The van der Waals surface area contributed by atoms with E-state index >= 15 is 0 Å². The molecule has 6 heteroatoms. The predicted molar refractivity (Wildman–Crippen MR) is 95.1 cm³/mol. The third kappa shape index (κ3) is 4.98. The van der Waals surface area contributed by atoms with E-state index in [-0.39, 0.29) is 11.7 Å². The number of benzene rings is 2. The smallest absolute Gasteiger partial charge is 0.252 e. The summed E-state index contributed by atoms with van der Waals surface area (Å²) in [4.78, 5) is 15.5. The Morgan fingerprint density at radius 3 is 2.22 bits per heavy atom. The summed E-state index contributed by atoms with van der Waals surface area (Å²) in [5, 5.41) is 2.67. The number of aryl methyl sites for hydroxylation is 1. The predicted octanol–water partition coefficient (Wildman–Crippen LogP) is 3.26. The lowest BCUT2D eigenvalue weighted by molar-refractivity contribution is 0.0940. The van der Waals surface area contributed by atoms with Crippen molar-refractivity contribution < 1.29 is 4.79 Å². The number of nitrogens with two attached hydrogens (primary N) is 1. The zero-order chi connectivity index (χ0) is 16.8. The van der Waals surface area contributed by atoms with Crippen molar-refractivity contribution in [3.05, 3.63) is 71.3 Å². The van der Waals surface area contributed by atoms with Crippen molar-refractivity contribution in [2.45, 2.75) is 17.9 Å². The Kier molecular flexibility index (Phi) is 6.02. The number of amides is 1.